The number of piperidine rings is 1. The van der Waals surface area contributed by atoms with E-state index < -0.39 is 0 Å². The zero-order valence-electron chi connectivity index (χ0n) is 17.7. The Labute approximate surface area is 173 Å². The summed E-state index contributed by atoms with van der Waals surface area (Å²) in [4.78, 5) is 27.1. The number of likely N-dealkylation sites (tertiary alicyclic amines) is 1. The number of anilines is 1. The number of hydrogen-bond acceptors (Lipinski definition) is 3. The minimum absolute atomic E-state index is 0.0705. The summed E-state index contributed by atoms with van der Waals surface area (Å²) in [6.07, 6.45) is 5.00. The third kappa shape index (κ3) is 3.53. The van der Waals surface area contributed by atoms with Crippen molar-refractivity contribution in [3.8, 4) is 0 Å². The van der Waals surface area contributed by atoms with Crippen LogP contribution in [0.2, 0.25) is 0 Å². The fraction of sp³-hybridized carbons (Fsp3) is 0.609. The molecule has 0 unspecified atom stereocenters. The number of carbonyl (C=O) groups excluding carboxylic acids is 2. The van der Waals surface area contributed by atoms with Crippen molar-refractivity contribution in [2.24, 2.45) is 27.8 Å². The van der Waals surface area contributed by atoms with Crippen LogP contribution >= 0.6 is 0 Å². The van der Waals surface area contributed by atoms with E-state index in [1.54, 1.807) is 4.90 Å². The van der Waals surface area contributed by atoms with Gasteiger partial charge in [-0.25, -0.2) is 10.2 Å². The highest BCUT2D eigenvalue weighted by Gasteiger charge is 2.60. The molecule has 29 heavy (non-hydrogen) atoms. The van der Waals surface area contributed by atoms with Gasteiger partial charge in [-0.2, -0.15) is 5.10 Å². The van der Waals surface area contributed by atoms with Crippen LogP contribution in [-0.4, -0.2) is 35.6 Å². The van der Waals surface area contributed by atoms with E-state index in [0.717, 1.165) is 37.1 Å². The van der Waals surface area contributed by atoms with Crippen molar-refractivity contribution >= 4 is 23.3 Å². The Bertz CT molecular complexity index is 819. The molecule has 2 N–H and O–H groups in total. The number of amides is 3. The van der Waals surface area contributed by atoms with E-state index >= 15 is 0 Å². The molecule has 1 saturated heterocycles. The number of carbonyl (C=O) groups is 2. The smallest absolute Gasteiger partial charge is 0.321 e. The summed E-state index contributed by atoms with van der Waals surface area (Å²) < 4.78 is 0. The predicted molar refractivity (Wildman–Crippen MR) is 115 cm³/mol. The molecule has 3 aliphatic rings. The molecule has 6 heteroatoms. The lowest BCUT2D eigenvalue weighted by atomic mass is 9.70. The first-order chi connectivity index (χ1) is 13.8. The molecule has 2 bridgehead atoms. The number of hydrazone groups is 1. The SMILES string of the molecule is CC1(C)[C@H]2CC[C@]1(C)/C(=N/NC(=O)[C@@H]1CCCN(C(=O)Nc3ccccc3)C1)C2. The highest BCUT2D eigenvalue weighted by molar-refractivity contribution is 5.95. The first kappa shape index (κ1) is 19.9. The van der Waals surface area contributed by atoms with Gasteiger partial charge in [0.15, 0.2) is 0 Å². The molecule has 1 aromatic rings. The Hall–Kier alpha value is -2.37. The predicted octanol–water partition coefficient (Wildman–Crippen LogP) is 4.25. The van der Waals surface area contributed by atoms with Crippen LogP contribution in [-0.2, 0) is 4.79 Å². The Morgan fingerprint density at radius 2 is 1.90 bits per heavy atom. The van der Waals surface area contributed by atoms with Gasteiger partial charge < -0.3 is 10.2 Å². The molecule has 0 aromatic heterocycles. The molecular weight excluding hydrogens is 364 g/mol. The molecule has 3 atom stereocenters. The van der Waals surface area contributed by atoms with E-state index in [1.165, 1.54) is 6.42 Å². The van der Waals surface area contributed by atoms with Gasteiger partial charge in [0, 0.05) is 29.9 Å². The fourth-order valence-corrected chi connectivity index (χ4v) is 5.41. The van der Waals surface area contributed by atoms with Gasteiger partial charge >= 0.3 is 6.03 Å². The summed E-state index contributed by atoms with van der Waals surface area (Å²) in [7, 11) is 0. The summed E-state index contributed by atoms with van der Waals surface area (Å²) in [5, 5.41) is 7.49. The van der Waals surface area contributed by atoms with Crippen LogP contribution < -0.4 is 10.7 Å². The molecule has 1 aromatic carbocycles. The van der Waals surface area contributed by atoms with E-state index in [9.17, 15) is 9.59 Å². The Morgan fingerprint density at radius 3 is 2.55 bits per heavy atom. The van der Waals surface area contributed by atoms with Crippen molar-refractivity contribution in [2.75, 3.05) is 18.4 Å². The average molecular weight is 397 g/mol. The highest BCUT2D eigenvalue weighted by Crippen LogP contribution is 2.63. The Morgan fingerprint density at radius 1 is 1.14 bits per heavy atom. The normalized spacial score (nSPS) is 31.7. The average Bonchev–Trinajstić information content (AvgIpc) is 3.06. The molecule has 156 valence electrons. The van der Waals surface area contributed by atoms with E-state index in [2.05, 4.69) is 36.6 Å². The fourth-order valence-electron chi connectivity index (χ4n) is 5.41. The van der Waals surface area contributed by atoms with Gasteiger partial charge in [-0.15, -0.1) is 0 Å². The Balaban J connectivity index is 1.35. The topological polar surface area (TPSA) is 73.8 Å². The maximum atomic E-state index is 12.8. The lowest BCUT2D eigenvalue weighted by Gasteiger charge is -2.34. The van der Waals surface area contributed by atoms with Gasteiger partial charge in [-0.05, 0) is 55.6 Å². The molecule has 3 amide bonds. The van der Waals surface area contributed by atoms with Crippen LogP contribution in [0.25, 0.3) is 0 Å². The molecule has 2 aliphatic carbocycles. The summed E-state index contributed by atoms with van der Waals surface area (Å²) in [5.41, 5.74) is 5.07. The number of benzene rings is 1. The molecule has 2 saturated carbocycles. The van der Waals surface area contributed by atoms with Crippen LogP contribution in [0.4, 0.5) is 10.5 Å². The summed E-state index contributed by atoms with van der Waals surface area (Å²) >= 11 is 0. The van der Waals surface area contributed by atoms with Crippen molar-refractivity contribution in [3.63, 3.8) is 0 Å². The first-order valence-electron chi connectivity index (χ1n) is 10.8. The number of nitrogens with zero attached hydrogens (tertiary/aromatic N) is 2. The highest BCUT2D eigenvalue weighted by atomic mass is 16.2. The zero-order chi connectivity index (χ0) is 20.6. The first-order valence-corrected chi connectivity index (χ1v) is 10.8. The monoisotopic (exact) mass is 396 g/mol. The van der Waals surface area contributed by atoms with Crippen LogP contribution in [0.15, 0.2) is 35.4 Å². The molecule has 0 spiro atoms. The van der Waals surface area contributed by atoms with Crippen molar-refractivity contribution in [2.45, 2.75) is 52.9 Å². The summed E-state index contributed by atoms with van der Waals surface area (Å²) in [6.45, 7) is 8.06. The molecule has 3 fully saturated rings. The van der Waals surface area contributed by atoms with Crippen LogP contribution in [0.5, 0.6) is 0 Å². The Kier molecular flexibility index (Phi) is 5.13. The minimum Gasteiger partial charge on any atom is -0.324 e. The van der Waals surface area contributed by atoms with Gasteiger partial charge in [-0.1, -0.05) is 39.0 Å². The van der Waals surface area contributed by atoms with Gasteiger partial charge in [0.2, 0.25) is 5.91 Å². The minimum atomic E-state index is -0.214. The van der Waals surface area contributed by atoms with Crippen LogP contribution in [0, 0.1) is 22.7 Å². The van der Waals surface area contributed by atoms with Crippen LogP contribution in [0.3, 0.4) is 0 Å². The van der Waals surface area contributed by atoms with Gasteiger partial charge in [-0.3, -0.25) is 4.79 Å². The number of urea groups is 1. The maximum Gasteiger partial charge on any atom is 0.321 e. The van der Waals surface area contributed by atoms with Gasteiger partial charge in [0.05, 0.1) is 5.92 Å². The van der Waals surface area contributed by atoms with Gasteiger partial charge in [0.25, 0.3) is 0 Å². The molecule has 0 radical (unpaired) electrons. The summed E-state index contributed by atoms with van der Waals surface area (Å²) in [6, 6.07) is 9.26. The maximum absolute atomic E-state index is 12.8. The largest absolute Gasteiger partial charge is 0.324 e. The van der Waals surface area contributed by atoms with E-state index in [1.807, 2.05) is 30.3 Å². The van der Waals surface area contributed by atoms with E-state index in [4.69, 9.17) is 0 Å². The second-order valence-corrected chi connectivity index (χ2v) is 9.61. The lowest BCUT2D eigenvalue weighted by Crippen LogP contribution is -2.46. The third-order valence-electron chi connectivity index (χ3n) is 7.92. The molecule has 4 rings (SSSR count). The van der Waals surface area contributed by atoms with Crippen molar-refractivity contribution in [1.82, 2.24) is 10.3 Å². The second kappa shape index (κ2) is 7.47. The van der Waals surface area contributed by atoms with Crippen molar-refractivity contribution in [3.05, 3.63) is 30.3 Å². The number of fused-ring (bicyclic) bond motifs is 2. The van der Waals surface area contributed by atoms with E-state index in [-0.39, 0.29) is 28.7 Å². The molecule has 1 aliphatic heterocycles. The van der Waals surface area contributed by atoms with Crippen molar-refractivity contribution < 1.29 is 9.59 Å². The third-order valence-corrected chi connectivity index (χ3v) is 7.92. The number of hydrogen-bond donors (Lipinski definition) is 2. The second-order valence-electron chi connectivity index (χ2n) is 9.61. The zero-order valence-corrected chi connectivity index (χ0v) is 17.7. The molecule has 6 nitrogen and oxygen atoms in total. The molecular formula is C23H32N4O2. The van der Waals surface area contributed by atoms with Gasteiger partial charge in [0.1, 0.15) is 0 Å². The van der Waals surface area contributed by atoms with E-state index in [0.29, 0.717) is 19.0 Å². The van der Waals surface area contributed by atoms with Crippen LogP contribution in [0.1, 0.15) is 52.9 Å². The standard InChI is InChI=1S/C23H32N4O2/c1-22(2)17-11-12-23(22,3)19(14-17)25-26-20(28)16-8-7-13-27(15-16)21(29)24-18-9-5-4-6-10-18/h4-6,9-10,16-17H,7-8,11-15H2,1-3H3,(H,24,29)(H,26,28)/b25-19+/t16-,17+,23-/m1/s1. The summed E-state index contributed by atoms with van der Waals surface area (Å²) in [5.74, 6) is 0.378. The quantitative estimate of drug-likeness (QED) is 0.750. The molecule has 1 heterocycles. The lowest BCUT2D eigenvalue weighted by molar-refractivity contribution is -0.126. The number of rotatable bonds is 3. The van der Waals surface area contributed by atoms with Crippen molar-refractivity contribution in [1.29, 1.82) is 0 Å². The number of nitrogens with one attached hydrogen (secondary N) is 2. The number of para-hydroxylation sites is 1.